The largest absolute Gasteiger partial charge is 0.496 e. The van der Waals surface area contributed by atoms with Crippen molar-refractivity contribution in [1.82, 2.24) is 4.98 Å². The molecule has 1 N–H and O–H groups in total. The Balaban J connectivity index is 1.86. The lowest BCUT2D eigenvalue weighted by atomic mass is 9.98. The summed E-state index contributed by atoms with van der Waals surface area (Å²) in [6, 6.07) is 9.86. The summed E-state index contributed by atoms with van der Waals surface area (Å²) in [5, 5.41) is 5.45. The molecular formula is C21H22N2O2S2. The lowest BCUT2D eigenvalue weighted by molar-refractivity contribution is 0.102. The molecule has 1 aromatic heterocycles. The average Bonchev–Trinajstić information content (AvgIpc) is 3.08. The molecule has 3 rings (SSSR count). The van der Waals surface area contributed by atoms with Gasteiger partial charge in [0, 0.05) is 15.8 Å². The van der Waals surface area contributed by atoms with E-state index in [1.165, 1.54) is 28.0 Å². The smallest absolute Gasteiger partial charge is 0.261 e. The Kier molecular flexibility index (Phi) is 5.87. The zero-order valence-electron chi connectivity index (χ0n) is 16.0. The molecule has 0 saturated heterocycles. The monoisotopic (exact) mass is 398 g/mol. The highest BCUT2D eigenvalue weighted by atomic mass is 32.2. The molecule has 27 heavy (non-hydrogen) atoms. The van der Waals surface area contributed by atoms with Crippen molar-refractivity contribution >= 4 is 34.1 Å². The normalized spacial score (nSPS) is 10.7. The quantitative estimate of drug-likeness (QED) is 0.559. The van der Waals surface area contributed by atoms with Gasteiger partial charge in [-0.1, -0.05) is 17.7 Å². The second-order valence-electron chi connectivity index (χ2n) is 6.33. The summed E-state index contributed by atoms with van der Waals surface area (Å²) >= 11 is 3.03. The van der Waals surface area contributed by atoms with Crippen molar-refractivity contribution in [3.05, 3.63) is 58.0 Å². The number of hydrogen-bond acceptors (Lipinski definition) is 5. The van der Waals surface area contributed by atoms with Crippen LogP contribution in [-0.2, 0) is 0 Å². The highest BCUT2D eigenvalue weighted by molar-refractivity contribution is 7.98. The van der Waals surface area contributed by atoms with Gasteiger partial charge in [-0.3, -0.25) is 10.1 Å². The number of thiazole rings is 1. The summed E-state index contributed by atoms with van der Waals surface area (Å²) in [6.07, 6.45) is 1.99. The number of carbonyl (C=O) groups excluding carboxylic acids is 1. The molecule has 0 aliphatic rings. The van der Waals surface area contributed by atoms with Gasteiger partial charge in [0.05, 0.1) is 18.4 Å². The van der Waals surface area contributed by atoms with E-state index in [1.807, 2.05) is 23.8 Å². The molecule has 0 fully saturated rings. The highest BCUT2D eigenvalue weighted by Gasteiger charge is 2.16. The summed E-state index contributed by atoms with van der Waals surface area (Å²) in [5.74, 6) is 0.333. The van der Waals surface area contributed by atoms with E-state index in [2.05, 4.69) is 43.2 Å². The van der Waals surface area contributed by atoms with Crippen molar-refractivity contribution in [1.29, 1.82) is 0 Å². The van der Waals surface area contributed by atoms with Crippen LogP contribution in [0.2, 0.25) is 0 Å². The molecule has 0 unspecified atom stereocenters. The Morgan fingerprint density at radius 3 is 2.48 bits per heavy atom. The number of carbonyl (C=O) groups is 1. The first kappa shape index (κ1) is 19.5. The molecule has 0 atom stereocenters. The maximum Gasteiger partial charge on any atom is 0.261 e. The number of thioether (sulfide) groups is 1. The third-order valence-corrected chi connectivity index (χ3v) is 5.79. The predicted molar refractivity (Wildman–Crippen MR) is 114 cm³/mol. The molecule has 3 aromatic rings. The standard InChI is InChI=1S/C21H22N2O2S2/c1-12-8-13(2)19(14(3)9-12)17-11-27-21(22-17)23-20(24)16-7-6-15(26-5)10-18(16)25-4/h6-11H,1-5H3,(H,22,23,24). The summed E-state index contributed by atoms with van der Waals surface area (Å²) < 4.78 is 5.37. The fourth-order valence-corrected chi connectivity index (χ4v) is 4.31. The number of anilines is 1. The van der Waals surface area contributed by atoms with Gasteiger partial charge in [-0.2, -0.15) is 0 Å². The molecule has 0 aliphatic heterocycles. The van der Waals surface area contributed by atoms with Crippen molar-refractivity contribution in [2.24, 2.45) is 0 Å². The van der Waals surface area contributed by atoms with E-state index in [1.54, 1.807) is 24.9 Å². The van der Waals surface area contributed by atoms with Crippen LogP contribution in [0.25, 0.3) is 11.3 Å². The van der Waals surface area contributed by atoms with Gasteiger partial charge in [-0.15, -0.1) is 23.1 Å². The number of methoxy groups -OCH3 is 1. The summed E-state index contributed by atoms with van der Waals surface area (Å²) in [5.41, 5.74) is 6.11. The molecule has 6 heteroatoms. The number of nitrogens with zero attached hydrogens (tertiary/aromatic N) is 1. The van der Waals surface area contributed by atoms with Crippen LogP contribution in [0.1, 0.15) is 27.0 Å². The lowest BCUT2D eigenvalue weighted by Gasteiger charge is -2.10. The number of rotatable bonds is 5. The van der Waals surface area contributed by atoms with Gasteiger partial charge in [0.15, 0.2) is 5.13 Å². The molecule has 1 heterocycles. The number of nitrogens with one attached hydrogen (secondary N) is 1. The van der Waals surface area contributed by atoms with Gasteiger partial charge in [0.1, 0.15) is 5.75 Å². The lowest BCUT2D eigenvalue weighted by Crippen LogP contribution is -2.13. The van der Waals surface area contributed by atoms with Crippen molar-refractivity contribution in [3.63, 3.8) is 0 Å². The first-order valence-electron chi connectivity index (χ1n) is 8.50. The topological polar surface area (TPSA) is 51.2 Å². The van der Waals surface area contributed by atoms with Crippen molar-refractivity contribution in [2.75, 3.05) is 18.7 Å². The molecule has 1 amide bonds. The first-order valence-corrected chi connectivity index (χ1v) is 10.6. The minimum Gasteiger partial charge on any atom is -0.496 e. The van der Waals surface area contributed by atoms with Crippen LogP contribution in [0.15, 0.2) is 40.6 Å². The predicted octanol–water partition coefficient (Wildman–Crippen LogP) is 5.72. The SMILES string of the molecule is COc1cc(SC)ccc1C(=O)Nc1nc(-c2c(C)cc(C)cc2C)cs1. The molecule has 0 bridgehead atoms. The van der Waals surface area contributed by atoms with E-state index < -0.39 is 0 Å². The van der Waals surface area contributed by atoms with Gasteiger partial charge in [0.2, 0.25) is 0 Å². The van der Waals surface area contributed by atoms with Crippen LogP contribution in [0.4, 0.5) is 5.13 Å². The summed E-state index contributed by atoms with van der Waals surface area (Å²) in [4.78, 5) is 18.4. The molecule has 0 aliphatic carbocycles. The Morgan fingerprint density at radius 2 is 1.85 bits per heavy atom. The molecule has 2 aromatic carbocycles. The van der Waals surface area contributed by atoms with E-state index >= 15 is 0 Å². The zero-order chi connectivity index (χ0) is 19.6. The second-order valence-corrected chi connectivity index (χ2v) is 8.07. The minimum atomic E-state index is -0.224. The Morgan fingerprint density at radius 1 is 1.15 bits per heavy atom. The third kappa shape index (κ3) is 4.17. The average molecular weight is 399 g/mol. The molecule has 0 saturated carbocycles. The second kappa shape index (κ2) is 8.15. The van der Waals surface area contributed by atoms with Gasteiger partial charge in [0.25, 0.3) is 5.91 Å². The van der Waals surface area contributed by atoms with E-state index in [9.17, 15) is 4.79 Å². The van der Waals surface area contributed by atoms with Crippen LogP contribution in [0.3, 0.4) is 0 Å². The van der Waals surface area contributed by atoms with Gasteiger partial charge in [-0.05, 0) is 56.4 Å². The molecule has 0 radical (unpaired) electrons. The molecule has 140 valence electrons. The molecule has 4 nitrogen and oxygen atoms in total. The van der Waals surface area contributed by atoms with Crippen molar-refractivity contribution in [3.8, 4) is 17.0 Å². The number of hydrogen-bond donors (Lipinski definition) is 1. The maximum absolute atomic E-state index is 12.7. The van der Waals surface area contributed by atoms with Gasteiger partial charge < -0.3 is 4.74 Å². The first-order chi connectivity index (χ1) is 12.9. The van der Waals surface area contributed by atoms with Crippen LogP contribution in [0.5, 0.6) is 5.75 Å². The zero-order valence-corrected chi connectivity index (χ0v) is 17.7. The fraction of sp³-hybridized carbons (Fsp3) is 0.238. The fourth-order valence-electron chi connectivity index (χ4n) is 3.18. The number of aromatic nitrogens is 1. The molecule has 0 spiro atoms. The minimum absolute atomic E-state index is 0.224. The van der Waals surface area contributed by atoms with E-state index in [0.717, 1.165) is 16.2 Å². The van der Waals surface area contributed by atoms with Gasteiger partial charge in [-0.25, -0.2) is 4.98 Å². The third-order valence-electron chi connectivity index (χ3n) is 4.31. The van der Waals surface area contributed by atoms with Crippen LogP contribution in [-0.4, -0.2) is 24.3 Å². The Hall–Kier alpha value is -2.31. The van der Waals surface area contributed by atoms with E-state index in [-0.39, 0.29) is 5.91 Å². The summed E-state index contributed by atoms with van der Waals surface area (Å²) in [7, 11) is 1.57. The molecular weight excluding hydrogens is 376 g/mol. The van der Waals surface area contributed by atoms with Crippen molar-refractivity contribution in [2.45, 2.75) is 25.7 Å². The van der Waals surface area contributed by atoms with Crippen LogP contribution < -0.4 is 10.1 Å². The Bertz CT molecular complexity index is 973. The number of amides is 1. The van der Waals surface area contributed by atoms with Gasteiger partial charge >= 0.3 is 0 Å². The van der Waals surface area contributed by atoms with E-state index in [4.69, 9.17) is 4.74 Å². The van der Waals surface area contributed by atoms with Crippen LogP contribution >= 0.6 is 23.1 Å². The van der Waals surface area contributed by atoms with E-state index in [0.29, 0.717) is 16.4 Å². The number of ether oxygens (including phenoxy) is 1. The maximum atomic E-state index is 12.7. The number of aryl methyl sites for hydroxylation is 3. The summed E-state index contributed by atoms with van der Waals surface area (Å²) in [6.45, 7) is 6.27. The number of benzene rings is 2. The van der Waals surface area contributed by atoms with Crippen LogP contribution in [0, 0.1) is 20.8 Å². The van der Waals surface area contributed by atoms with Crippen molar-refractivity contribution < 1.29 is 9.53 Å². The Labute approximate surface area is 168 Å². The highest BCUT2D eigenvalue weighted by Crippen LogP contribution is 2.32.